The van der Waals surface area contributed by atoms with Crippen LogP contribution < -0.4 is 9.47 Å². The largest absolute Gasteiger partial charge is 0.492 e. The van der Waals surface area contributed by atoms with Gasteiger partial charge in [0, 0.05) is 41.0 Å². The number of nitrogens with zero attached hydrogens (tertiary/aromatic N) is 1. The summed E-state index contributed by atoms with van der Waals surface area (Å²) in [5.74, 6) is -2.34. The number of aromatic nitrogens is 3. The minimum Gasteiger partial charge on any atom is -0.492 e. The molecule has 1 aliphatic rings. The number of para-hydroxylation sites is 1. The number of hydrogen-bond acceptors (Lipinski definition) is 5. The van der Waals surface area contributed by atoms with E-state index in [1.807, 2.05) is 32.0 Å². The number of hydrogen-bond donors (Lipinski definition) is 2. The van der Waals surface area contributed by atoms with Gasteiger partial charge in [0.1, 0.15) is 23.1 Å². The first-order valence-corrected chi connectivity index (χ1v) is 13.8. The van der Waals surface area contributed by atoms with E-state index in [2.05, 4.69) is 15.0 Å². The van der Waals surface area contributed by atoms with E-state index < -0.39 is 23.2 Å². The number of nitrogens with one attached hydrogen (secondary N) is 2. The van der Waals surface area contributed by atoms with Crippen molar-refractivity contribution >= 4 is 16.9 Å². The maximum atomic E-state index is 14.9. The van der Waals surface area contributed by atoms with E-state index in [1.54, 1.807) is 13.1 Å². The first-order valence-electron chi connectivity index (χ1n) is 13.8. The van der Waals surface area contributed by atoms with Gasteiger partial charge in [0.25, 0.3) is 0 Å². The molecule has 218 valence electrons. The molecule has 0 radical (unpaired) electrons. The van der Waals surface area contributed by atoms with Gasteiger partial charge < -0.3 is 24.2 Å². The van der Waals surface area contributed by atoms with E-state index in [0.717, 1.165) is 29.0 Å². The highest BCUT2D eigenvalue weighted by molar-refractivity contribution is 5.82. The van der Waals surface area contributed by atoms with Gasteiger partial charge in [-0.25, -0.2) is 18.2 Å². The van der Waals surface area contributed by atoms with E-state index in [0.29, 0.717) is 30.9 Å². The Balaban J connectivity index is 0.00000173. The average Bonchev–Trinajstić information content (AvgIpc) is 3.68. The van der Waals surface area contributed by atoms with Crippen LogP contribution in [-0.4, -0.2) is 34.1 Å². The minimum atomic E-state index is -0.887. The highest BCUT2D eigenvalue weighted by Crippen LogP contribution is 2.37. The van der Waals surface area contributed by atoms with Gasteiger partial charge in [-0.3, -0.25) is 4.79 Å². The lowest BCUT2D eigenvalue weighted by Crippen LogP contribution is -2.21. The van der Waals surface area contributed by atoms with Gasteiger partial charge in [-0.05, 0) is 43.2 Å². The Morgan fingerprint density at radius 3 is 2.74 bits per heavy atom. The third kappa shape index (κ3) is 5.70. The molecule has 2 aromatic heterocycles. The van der Waals surface area contributed by atoms with E-state index in [4.69, 9.17) is 14.2 Å². The van der Waals surface area contributed by atoms with Crippen molar-refractivity contribution in [2.24, 2.45) is 0 Å². The molecule has 2 N–H and O–H groups in total. The van der Waals surface area contributed by atoms with Crippen molar-refractivity contribution in [1.82, 2.24) is 15.0 Å². The molecular formula is C32H30F3N3O4. The van der Waals surface area contributed by atoms with Crippen LogP contribution in [0.3, 0.4) is 0 Å². The zero-order valence-corrected chi connectivity index (χ0v) is 23.4. The number of halogens is 3. The van der Waals surface area contributed by atoms with Crippen molar-refractivity contribution in [1.29, 1.82) is 0 Å². The molecule has 0 bridgehead atoms. The molecule has 7 nitrogen and oxygen atoms in total. The summed E-state index contributed by atoms with van der Waals surface area (Å²) in [5, 5.41) is 0.179. The van der Waals surface area contributed by atoms with Gasteiger partial charge in [0.2, 0.25) is 0 Å². The van der Waals surface area contributed by atoms with Gasteiger partial charge in [-0.15, -0.1) is 0 Å². The summed E-state index contributed by atoms with van der Waals surface area (Å²) in [7, 11) is 0. The smallest absolute Gasteiger partial charge is 0.310 e. The number of esters is 1. The van der Waals surface area contributed by atoms with E-state index in [9.17, 15) is 18.0 Å². The number of aromatic amines is 2. The summed E-state index contributed by atoms with van der Waals surface area (Å²) in [4.78, 5) is 22.2. The van der Waals surface area contributed by atoms with Gasteiger partial charge in [-0.2, -0.15) is 0 Å². The van der Waals surface area contributed by atoms with Crippen molar-refractivity contribution in [2.75, 3.05) is 13.2 Å². The Labute approximate surface area is 240 Å². The lowest BCUT2D eigenvalue weighted by Gasteiger charge is -2.26. The van der Waals surface area contributed by atoms with Gasteiger partial charge in [-0.1, -0.05) is 32.0 Å². The fraction of sp³-hybridized carbons (Fsp3) is 0.250. The van der Waals surface area contributed by atoms with Crippen LogP contribution in [0, 0.1) is 17.5 Å². The first kappa shape index (κ1) is 28.8. The number of fused-ring (bicyclic) bond motifs is 2. The molecule has 3 heterocycles. The van der Waals surface area contributed by atoms with E-state index in [1.165, 1.54) is 24.4 Å². The molecule has 0 saturated heterocycles. The predicted molar refractivity (Wildman–Crippen MR) is 152 cm³/mol. The maximum absolute atomic E-state index is 14.9. The molecule has 1 atom stereocenters. The molecule has 0 saturated carbocycles. The molecular weight excluding hydrogens is 547 g/mol. The number of imidazole rings is 1. The molecule has 1 aliphatic heterocycles. The Bertz CT molecular complexity index is 1730. The molecule has 0 amide bonds. The first-order chi connectivity index (χ1) is 20.4. The monoisotopic (exact) mass is 577 g/mol. The fourth-order valence-electron chi connectivity index (χ4n) is 4.95. The Morgan fingerprint density at radius 2 is 1.93 bits per heavy atom. The second kappa shape index (κ2) is 12.4. The number of carbonyl (C=O) groups is 1. The summed E-state index contributed by atoms with van der Waals surface area (Å²) in [6.07, 6.45) is 3.86. The number of benzene rings is 3. The molecule has 1 unspecified atom stereocenters. The zero-order valence-electron chi connectivity index (χ0n) is 23.4. The van der Waals surface area contributed by atoms with Crippen LogP contribution in [0.2, 0.25) is 0 Å². The third-order valence-electron chi connectivity index (χ3n) is 6.86. The van der Waals surface area contributed by atoms with Crippen molar-refractivity contribution in [3.8, 4) is 28.6 Å². The number of rotatable bonds is 7. The van der Waals surface area contributed by atoms with Crippen LogP contribution in [0.5, 0.6) is 17.2 Å². The molecule has 0 spiro atoms. The highest BCUT2D eigenvalue weighted by Gasteiger charge is 2.26. The molecule has 42 heavy (non-hydrogen) atoms. The summed E-state index contributed by atoms with van der Waals surface area (Å²) in [6.45, 7) is 6.41. The van der Waals surface area contributed by atoms with Crippen LogP contribution in [0.25, 0.3) is 22.3 Å². The summed E-state index contributed by atoms with van der Waals surface area (Å²) < 4.78 is 60.9. The summed E-state index contributed by atoms with van der Waals surface area (Å²) in [5.41, 5.74) is 2.83. The Hall–Kier alpha value is -4.73. The molecule has 3 aromatic carbocycles. The minimum absolute atomic E-state index is 0.0473. The lowest BCUT2D eigenvalue weighted by atomic mass is 9.92. The van der Waals surface area contributed by atoms with Gasteiger partial charge in [0.15, 0.2) is 17.4 Å². The second-order valence-electron chi connectivity index (χ2n) is 9.47. The molecule has 5 aromatic rings. The molecule has 0 aliphatic carbocycles. The highest BCUT2D eigenvalue weighted by atomic mass is 19.1. The van der Waals surface area contributed by atoms with Crippen LogP contribution in [0.15, 0.2) is 60.9 Å². The SMILES string of the molecule is CC.CCOC(=O)Cc1cccc2c1OCC(c1cnc(-c3cc(Oc4c(F)cc5[nH]ccc5c4F)ccc3F)[nH]1)C2. The second-order valence-corrected chi connectivity index (χ2v) is 9.47. The van der Waals surface area contributed by atoms with Crippen molar-refractivity contribution < 1.29 is 32.2 Å². The summed E-state index contributed by atoms with van der Waals surface area (Å²) in [6, 6.07) is 12.1. The fourth-order valence-corrected chi connectivity index (χ4v) is 4.95. The van der Waals surface area contributed by atoms with E-state index in [-0.39, 0.29) is 40.8 Å². The maximum Gasteiger partial charge on any atom is 0.310 e. The number of ether oxygens (including phenoxy) is 3. The Kier molecular flexibility index (Phi) is 8.51. The molecule has 10 heteroatoms. The van der Waals surface area contributed by atoms with Crippen molar-refractivity contribution in [3.05, 3.63) is 95.2 Å². The van der Waals surface area contributed by atoms with E-state index >= 15 is 0 Å². The van der Waals surface area contributed by atoms with Crippen molar-refractivity contribution in [2.45, 2.75) is 39.5 Å². The van der Waals surface area contributed by atoms with Crippen LogP contribution in [-0.2, 0) is 22.4 Å². The lowest BCUT2D eigenvalue weighted by molar-refractivity contribution is -0.142. The predicted octanol–water partition coefficient (Wildman–Crippen LogP) is 7.62. The van der Waals surface area contributed by atoms with Gasteiger partial charge in [0.05, 0.1) is 30.7 Å². The topological polar surface area (TPSA) is 89.2 Å². The summed E-state index contributed by atoms with van der Waals surface area (Å²) >= 11 is 0. The average molecular weight is 578 g/mol. The standard InChI is InChI=1S/C30H24F3N3O4.C2H6/c1-2-38-26(37)11-17-5-3-4-16-10-18(15-39-28(16)17)25-14-35-30(36-25)21-12-19(6-7-22(21)31)40-29-23(32)13-24-20(27(29)33)8-9-34-24;1-2/h3-9,12-14,18,34H,2,10-11,15H2,1H3,(H,35,36);1-2H3. The number of H-pyrrole nitrogens is 2. The third-order valence-corrected chi connectivity index (χ3v) is 6.86. The van der Waals surface area contributed by atoms with Crippen molar-refractivity contribution in [3.63, 3.8) is 0 Å². The zero-order chi connectivity index (χ0) is 29.8. The van der Waals surface area contributed by atoms with Crippen LogP contribution in [0.1, 0.15) is 43.5 Å². The number of carbonyl (C=O) groups excluding carboxylic acids is 1. The quantitative estimate of drug-likeness (QED) is 0.194. The molecule has 6 rings (SSSR count). The molecule has 0 fully saturated rings. The van der Waals surface area contributed by atoms with Gasteiger partial charge >= 0.3 is 5.97 Å². The van der Waals surface area contributed by atoms with Crippen LogP contribution >= 0.6 is 0 Å². The Morgan fingerprint density at radius 1 is 1.10 bits per heavy atom. The normalized spacial score (nSPS) is 14.0. The van der Waals surface area contributed by atoms with Crippen LogP contribution in [0.4, 0.5) is 13.2 Å².